The van der Waals surface area contributed by atoms with Crippen LogP contribution in [0, 0.1) is 0 Å². The van der Waals surface area contributed by atoms with Gasteiger partial charge in [0.2, 0.25) is 5.91 Å². The van der Waals surface area contributed by atoms with Crippen molar-refractivity contribution in [2.75, 3.05) is 19.0 Å². The smallest absolute Gasteiger partial charge is 0.311 e. The van der Waals surface area contributed by atoms with Gasteiger partial charge in [0.1, 0.15) is 12.3 Å². The molecule has 0 radical (unpaired) electrons. The summed E-state index contributed by atoms with van der Waals surface area (Å²) in [4.78, 5) is 37.1. The largest absolute Gasteiger partial charge is 0.497 e. The molecule has 29 heavy (non-hydrogen) atoms. The van der Waals surface area contributed by atoms with Crippen LogP contribution in [0.4, 0.5) is 5.69 Å². The Hall–Kier alpha value is -3.68. The molecule has 1 heterocycles. The molecule has 1 aromatic heterocycles. The molecule has 0 saturated carbocycles. The summed E-state index contributed by atoms with van der Waals surface area (Å²) < 4.78 is 11.1. The van der Waals surface area contributed by atoms with Crippen molar-refractivity contribution in [2.24, 2.45) is 0 Å². The highest BCUT2D eigenvalue weighted by Gasteiger charge is 2.16. The number of ether oxygens (including phenoxy) is 2. The fourth-order valence-electron chi connectivity index (χ4n) is 2.90. The van der Waals surface area contributed by atoms with E-state index in [1.165, 1.54) is 0 Å². The van der Waals surface area contributed by atoms with E-state index in [0.717, 1.165) is 4.68 Å². The van der Waals surface area contributed by atoms with Gasteiger partial charge >= 0.3 is 5.97 Å². The van der Waals surface area contributed by atoms with E-state index in [2.05, 4.69) is 10.4 Å². The molecule has 1 N–H and O–H groups in total. The molecule has 0 saturated heterocycles. The number of carbonyl (C=O) groups is 2. The molecule has 8 nitrogen and oxygen atoms in total. The summed E-state index contributed by atoms with van der Waals surface area (Å²) in [6.45, 7) is 1.68. The third-order valence-corrected chi connectivity index (χ3v) is 4.23. The molecule has 2 aromatic carbocycles. The highest BCUT2D eigenvalue weighted by molar-refractivity contribution is 5.91. The highest BCUT2D eigenvalue weighted by Crippen LogP contribution is 2.16. The van der Waals surface area contributed by atoms with Gasteiger partial charge in [0.25, 0.3) is 5.56 Å². The van der Waals surface area contributed by atoms with Gasteiger partial charge in [-0.15, -0.1) is 0 Å². The van der Waals surface area contributed by atoms with Crippen LogP contribution in [0.3, 0.4) is 0 Å². The van der Waals surface area contributed by atoms with E-state index < -0.39 is 17.4 Å². The normalized spacial score (nSPS) is 10.6. The summed E-state index contributed by atoms with van der Waals surface area (Å²) >= 11 is 0. The van der Waals surface area contributed by atoms with E-state index in [9.17, 15) is 14.4 Å². The van der Waals surface area contributed by atoms with E-state index >= 15 is 0 Å². The number of methoxy groups -OCH3 is 1. The van der Waals surface area contributed by atoms with Crippen LogP contribution in [0.15, 0.2) is 53.3 Å². The first-order valence-corrected chi connectivity index (χ1v) is 9.10. The maximum absolute atomic E-state index is 12.8. The quantitative estimate of drug-likeness (QED) is 0.616. The number of amides is 1. The molecule has 3 rings (SSSR count). The molecule has 150 valence electrons. The minimum Gasteiger partial charge on any atom is -0.497 e. The number of aromatic nitrogens is 2. The third kappa shape index (κ3) is 4.78. The Kier molecular flexibility index (Phi) is 6.23. The third-order valence-electron chi connectivity index (χ3n) is 4.23. The Balaban J connectivity index is 1.87. The number of hydrogen-bond donors (Lipinski definition) is 1. The topological polar surface area (TPSA) is 99.5 Å². The van der Waals surface area contributed by atoms with E-state index in [-0.39, 0.29) is 19.6 Å². The Morgan fingerprint density at radius 2 is 1.76 bits per heavy atom. The second kappa shape index (κ2) is 9.01. The van der Waals surface area contributed by atoms with E-state index in [4.69, 9.17) is 9.47 Å². The predicted molar refractivity (Wildman–Crippen MR) is 108 cm³/mol. The van der Waals surface area contributed by atoms with E-state index in [1.807, 2.05) is 0 Å². The van der Waals surface area contributed by atoms with Gasteiger partial charge in [-0.3, -0.25) is 14.4 Å². The van der Waals surface area contributed by atoms with Gasteiger partial charge in [0.05, 0.1) is 31.2 Å². The van der Waals surface area contributed by atoms with E-state index in [0.29, 0.717) is 27.9 Å². The summed E-state index contributed by atoms with van der Waals surface area (Å²) in [7, 11) is 1.55. The maximum atomic E-state index is 12.8. The average Bonchev–Trinajstić information content (AvgIpc) is 2.72. The number of nitrogens with one attached hydrogen (secondary N) is 1. The zero-order chi connectivity index (χ0) is 20.8. The predicted octanol–water partition coefficient (Wildman–Crippen LogP) is 2.15. The van der Waals surface area contributed by atoms with E-state index in [1.54, 1.807) is 62.6 Å². The van der Waals surface area contributed by atoms with Crippen LogP contribution in [0.25, 0.3) is 10.8 Å². The minimum absolute atomic E-state index is 0.0886. The van der Waals surface area contributed by atoms with Gasteiger partial charge in [-0.1, -0.05) is 18.2 Å². The fraction of sp³-hybridized carbons (Fsp3) is 0.238. The Morgan fingerprint density at radius 1 is 1.07 bits per heavy atom. The van der Waals surface area contributed by atoms with Crippen LogP contribution in [-0.4, -0.2) is 35.4 Å². The van der Waals surface area contributed by atoms with Crippen LogP contribution >= 0.6 is 0 Å². The molecule has 0 aliphatic heterocycles. The van der Waals surface area contributed by atoms with Crippen LogP contribution in [-0.2, 0) is 27.3 Å². The molecule has 0 spiro atoms. The van der Waals surface area contributed by atoms with Crippen LogP contribution in [0.1, 0.15) is 12.6 Å². The zero-order valence-corrected chi connectivity index (χ0v) is 16.2. The SMILES string of the molecule is CCOC(=O)Cc1nn(CC(=O)Nc2ccc(OC)cc2)c(=O)c2ccccc12. The van der Waals surface area contributed by atoms with Crippen molar-refractivity contribution in [3.8, 4) is 5.75 Å². The lowest BCUT2D eigenvalue weighted by Gasteiger charge is -2.11. The number of hydrogen-bond acceptors (Lipinski definition) is 6. The Morgan fingerprint density at radius 3 is 2.41 bits per heavy atom. The number of rotatable bonds is 7. The van der Waals surface area contributed by atoms with Crippen molar-refractivity contribution in [3.05, 3.63) is 64.6 Å². The molecular weight excluding hydrogens is 374 g/mol. The second-order valence-electron chi connectivity index (χ2n) is 6.21. The lowest BCUT2D eigenvalue weighted by Crippen LogP contribution is -2.31. The zero-order valence-electron chi connectivity index (χ0n) is 16.2. The summed E-state index contributed by atoms with van der Waals surface area (Å²) in [5, 5.41) is 7.92. The number of fused-ring (bicyclic) bond motifs is 1. The van der Waals surface area contributed by atoms with Gasteiger partial charge in [-0.25, -0.2) is 4.68 Å². The second-order valence-corrected chi connectivity index (χ2v) is 6.21. The molecule has 0 atom stereocenters. The maximum Gasteiger partial charge on any atom is 0.311 e. The lowest BCUT2D eigenvalue weighted by molar-refractivity contribution is -0.142. The number of nitrogens with zero attached hydrogens (tertiary/aromatic N) is 2. The molecule has 0 bridgehead atoms. The molecule has 0 unspecified atom stereocenters. The van der Waals surface area contributed by atoms with Crippen molar-refractivity contribution < 1.29 is 19.1 Å². The number of anilines is 1. The number of carbonyl (C=O) groups excluding carboxylic acids is 2. The molecule has 0 aliphatic carbocycles. The van der Waals surface area contributed by atoms with Gasteiger partial charge in [0.15, 0.2) is 0 Å². The standard InChI is InChI=1S/C21H21N3O5/c1-3-29-20(26)12-18-16-6-4-5-7-17(16)21(27)24(23-18)13-19(25)22-14-8-10-15(28-2)11-9-14/h4-11H,3,12-13H2,1-2H3,(H,22,25). The molecule has 0 fully saturated rings. The van der Waals surface area contributed by atoms with Crippen LogP contribution in [0.5, 0.6) is 5.75 Å². The molecular formula is C21H21N3O5. The number of esters is 1. The molecule has 0 aliphatic rings. The highest BCUT2D eigenvalue weighted by atomic mass is 16.5. The lowest BCUT2D eigenvalue weighted by atomic mass is 10.1. The monoisotopic (exact) mass is 395 g/mol. The number of benzene rings is 2. The average molecular weight is 395 g/mol. The Labute approximate surface area is 167 Å². The van der Waals surface area contributed by atoms with Gasteiger partial charge in [0, 0.05) is 11.1 Å². The van der Waals surface area contributed by atoms with Crippen molar-refractivity contribution in [1.29, 1.82) is 0 Å². The van der Waals surface area contributed by atoms with Crippen LogP contribution < -0.4 is 15.6 Å². The van der Waals surface area contributed by atoms with Crippen molar-refractivity contribution in [2.45, 2.75) is 19.9 Å². The van der Waals surface area contributed by atoms with Gasteiger partial charge in [-0.05, 0) is 37.3 Å². The fourth-order valence-corrected chi connectivity index (χ4v) is 2.90. The first-order valence-electron chi connectivity index (χ1n) is 9.10. The summed E-state index contributed by atoms with van der Waals surface area (Å²) in [6, 6.07) is 13.7. The van der Waals surface area contributed by atoms with Gasteiger partial charge in [-0.2, -0.15) is 5.10 Å². The Bertz CT molecular complexity index is 1090. The summed E-state index contributed by atoms with van der Waals surface area (Å²) in [5.41, 5.74) is 0.547. The minimum atomic E-state index is -0.446. The van der Waals surface area contributed by atoms with Crippen molar-refractivity contribution in [1.82, 2.24) is 9.78 Å². The first-order chi connectivity index (χ1) is 14.0. The molecule has 3 aromatic rings. The first kappa shape index (κ1) is 20.1. The molecule has 8 heteroatoms. The molecule has 1 amide bonds. The van der Waals surface area contributed by atoms with Gasteiger partial charge < -0.3 is 14.8 Å². The van der Waals surface area contributed by atoms with Crippen molar-refractivity contribution in [3.63, 3.8) is 0 Å². The summed E-state index contributed by atoms with van der Waals surface area (Å²) in [5.74, 6) is -0.195. The van der Waals surface area contributed by atoms with Crippen LogP contribution in [0.2, 0.25) is 0 Å². The summed E-state index contributed by atoms with van der Waals surface area (Å²) in [6.07, 6.45) is -0.0886. The van der Waals surface area contributed by atoms with Crippen molar-refractivity contribution >= 4 is 28.3 Å².